The summed E-state index contributed by atoms with van der Waals surface area (Å²) in [4.78, 5) is 6.47. The fraction of sp³-hybridized carbons (Fsp3) is 0.400. The number of benzene rings is 1. The highest BCUT2D eigenvalue weighted by molar-refractivity contribution is 6.32. The van der Waals surface area contributed by atoms with Crippen LogP contribution >= 0.6 is 11.6 Å². The van der Waals surface area contributed by atoms with Crippen LogP contribution in [0.3, 0.4) is 0 Å². The Balaban J connectivity index is 1.48. The second-order valence-corrected chi connectivity index (χ2v) is 5.47. The van der Waals surface area contributed by atoms with Crippen LogP contribution in [-0.2, 0) is 6.54 Å². The number of nitrogens with zero attached hydrogens (tertiary/aromatic N) is 3. The third kappa shape index (κ3) is 3.32. The number of imidazole rings is 1. The van der Waals surface area contributed by atoms with Crippen LogP contribution in [0.1, 0.15) is 6.42 Å². The maximum atomic E-state index is 6.12. The van der Waals surface area contributed by atoms with Gasteiger partial charge in [0.2, 0.25) is 0 Å². The summed E-state index contributed by atoms with van der Waals surface area (Å²) in [6.07, 6.45) is 6.95. The van der Waals surface area contributed by atoms with Crippen molar-refractivity contribution >= 4 is 11.6 Å². The van der Waals surface area contributed by atoms with Gasteiger partial charge in [-0.05, 0) is 18.6 Å². The molecule has 1 aliphatic heterocycles. The van der Waals surface area contributed by atoms with E-state index in [2.05, 4.69) is 14.5 Å². The van der Waals surface area contributed by atoms with Gasteiger partial charge in [-0.25, -0.2) is 4.98 Å². The summed E-state index contributed by atoms with van der Waals surface area (Å²) in [6.45, 7) is 4.03. The van der Waals surface area contributed by atoms with E-state index in [-0.39, 0.29) is 6.10 Å². The van der Waals surface area contributed by atoms with Crippen molar-refractivity contribution in [1.29, 1.82) is 0 Å². The number of hydrogen-bond acceptors (Lipinski definition) is 3. The van der Waals surface area contributed by atoms with Crippen LogP contribution in [0.25, 0.3) is 0 Å². The standard InChI is InChI=1S/C15H18ClN3O/c16-14-3-1-2-4-15(14)20-13-5-7-18(11-13)9-10-19-8-6-17-12-19/h1-4,6,8,12-13H,5,7,9-11H2/t13-/m0/s1. The topological polar surface area (TPSA) is 30.3 Å². The number of para-hydroxylation sites is 1. The molecular weight excluding hydrogens is 274 g/mol. The first-order valence-electron chi connectivity index (χ1n) is 6.90. The monoisotopic (exact) mass is 291 g/mol. The van der Waals surface area contributed by atoms with Gasteiger partial charge in [-0.2, -0.15) is 0 Å². The van der Waals surface area contributed by atoms with E-state index >= 15 is 0 Å². The minimum atomic E-state index is 0.234. The highest BCUT2D eigenvalue weighted by Crippen LogP contribution is 2.26. The quantitative estimate of drug-likeness (QED) is 0.848. The molecule has 0 unspecified atom stereocenters. The Hall–Kier alpha value is -1.52. The molecule has 0 aliphatic carbocycles. The Bertz CT molecular complexity index is 544. The van der Waals surface area contributed by atoms with E-state index in [0.29, 0.717) is 5.02 Å². The average Bonchev–Trinajstić information content (AvgIpc) is 3.10. The molecule has 4 nitrogen and oxygen atoms in total. The fourth-order valence-electron chi connectivity index (χ4n) is 2.49. The Kier molecular flexibility index (Phi) is 4.23. The molecule has 0 bridgehead atoms. The molecule has 1 aromatic carbocycles. The summed E-state index contributed by atoms with van der Waals surface area (Å²) in [5.74, 6) is 0.788. The zero-order valence-electron chi connectivity index (χ0n) is 11.3. The summed E-state index contributed by atoms with van der Waals surface area (Å²) < 4.78 is 8.08. The first-order valence-corrected chi connectivity index (χ1v) is 7.28. The van der Waals surface area contributed by atoms with Crippen molar-refractivity contribution in [3.63, 3.8) is 0 Å². The Morgan fingerprint density at radius 2 is 2.20 bits per heavy atom. The second kappa shape index (κ2) is 6.29. The van der Waals surface area contributed by atoms with Crippen molar-refractivity contribution in [1.82, 2.24) is 14.5 Å². The van der Waals surface area contributed by atoms with Crippen molar-refractivity contribution in [2.45, 2.75) is 19.1 Å². The fourth-order valence-corrected chi connectivity index (χ4v) is 2.67. The van der Waals surface area contributed by atoms with E-state index < -0.39 is 0 Å². The molecule has 1 atom stereocenters. The molecule has 106 valence electrons. The molecule has 0 spiro atoms. The molecule has 3 rings (SSSR count). The van der Waals surface area contributed by atoms with Crippen LogP contribution in [0.15, 0.2) is 43.0 Å². The number of halogens is 1. The lowest BCUT2D eigenvalue weighted by molar-refractivity contribution is 0.198. The molecule has 20 heavy (non-hydrogen) atoms. The second-order valence-electron chi connectivity index (χ2n) is 5.06. The maximum Gasteiger partial charge on any atom is 0.138 e. The van der Waals surface area contributed by atoms with Crippen LogP contribution < -0.4 is 4.74 Å². The van der Waals surface area contributed by atoms with Crippen LogP contribution in [0, 0.1) is 0 Å². The zero-order valence-corrected chi connectivity index (χ0v) is 12.0. The van der Waals surface area contributed by atoms with Gasteiger partial charge in [0.1, 0.15) is 11.9 Å². The van der Waals surface area contributed by atoms with E-state index in [1.54, 1.807) is 0 Å². The molecule has 2 heterocycles. The molecule has 2 aromatic rings. The molecule has 1 aliphatic rings. The number of ether oxygens (including phenoxy) is 1. The third-order valence-electron chi connectivity index (χ3n) is 3.59. The van der Waals surface area contributed by atoms with E-state index in [9.17, 15) is 0 Å². The first kappa shape index (κ1) is 13.5. The lowest BCUT2D eigenvalue weighted by atomic mass is 10.3. The molecule has 0 radical (unpaired) electrons. The van der Waals surface area contributed by atoms with Crippen LogP contribution in [-0.4, -0.2) is 40.2 Å². The number of likely N-dealkylation sites (tertiary alicyclic amines) is 1. The first-order chi connectivity index (χ1) is 9.81. The minimum Gasteiger partial charge on any atom is -0.487 e. The maximum absolute atomic E-state index is 6.12. The number of hydrogen-bond donors (Lipinski definition) is 0. The minimum absolute atomic E-state index is 0.234. The molecule has 0 amide bonds. The number of aromatic nitrogens is 2. The van der Waals surface area contributed by atoms with Crippen molar-refractivity contribution in [3.8, 4) is 5.75 Å². The van der Waals surface area contributed by atoms with Gasteiger partial charge < -0.3 is 9.30 Å². The van der Waals surface area contributed by atoms with Crippen LogP contribution in [0.5, 0.6) is 5.75 Å². The Morgan fingerprint density at radius 1 is 1.30 bits per heavy atom. The van der Waals surface area contributed by atoms with Gasteiger partial charge in [0.25, 0.3) is 0 Å². The predicted molar refractivity (Wildman–Crippen MR) is 79.2 cm³/mol. The molecular formula is C15H18ClN3O. The van der Waals surface area contributed by atoms with Gasteiger partial charge in [0.05, 0.1) is 11.3 Å². The predicted octanol–water partition coefficient (Wildman–Crippen LogP) is 2.69. The normalized spacial score (nSPS) is 19.4. The highest BCUT2D eigenvalue weighted by Gasteiger charge is 2.24. The van der Waals surface area contributed by atoms with Gasteiger partial charge in [-0.3, -0.25) is 4.90 Å². The molecule has 0 saturated carbocycles. The van der Waals surface area contributed by atoms with Gasteiger partial charge in [-0.15, -0.1) is 0 Å². The van der Waals surface area contributed by atoms with Crippen molar-refractivity contribution < 1.29 is 4.74 Å². The van der Waals surface area contributed by atoms with Gasteiger partial charge >= 0.3 is 0 Å². The summed E-state index contributed by atoms with van der Waals surface area (Å²) in [5, 5.41) is 0.685. The lowest BCUT2D eigenvalue weighted by Crippen LogP contribution is -2.27. The zero-order chi connectivity index (χ0) is 13.8. The smallest absolute Gasteiger partial charge is 0.138 e. The van der Waals surface area contributed by atoms with Crippen molar-refractivity contribution in [2.24, 2.45) is 0 Å². The summed E-state index contributed by atoms with van der Waals surface area (Å²) in [6, 6.07) is 7.66. The highest BCUT2D eigenvalue weighted by atomic mass is 35.5. The largest absolute Gasteiger partial charge is 0.487 e. The molecule has 0 N–H and O–H groups in total. The van der Waals surface area contributed by atoms with Gasteiger partial charge in [-0.1, -0.05) is 23.7 Å². The molecule has 5 heteroatoms. The van der Waals surface area contributed by atoms with Crippen molar-refractivity contribution in [3.05, 3.63) is 48.0 Å². The van der Waals surface area contributed by atoms with E-state index in [1.807, 2.05) is 43.0 Å². The summed E-state index contributed by atoms with van der Waals surface area (Å²) >= 11 is 6.12. The summed E-state index contributed by atoms with van der Waals surface area (Å²) in [5.41, 5.74) is 0. The number of rotatable bonds is 5. The van der Waals surface area contributed by atoms with E-state index in [4.69, 9.17) is 16.3 Å². The van der Waals surface area contributed by atoms with E-state index in [0.717, 1.165) is 38.3 Å². The third-order valence-corrected chi connectivity index (χ3v) is 3.91. The van der Waals surface area contributed by atoms with Gasteiger partial charge in [0, 0.05) is 38.6 Å². The lowest BCUT2D eigenvalue weighted by Gasteiger charge is -2.17. The molecule has 1 saturated heterocycles. The molecule has 1 aromatic heterocycles. The average molecular weight is 292 g/mol. The Labute approximate surface area is 123 Å². The van der Waals surface area contributed by atoms with Crippen LogP contribution in [0.4, 0.5) is 0 Å². The van der Waals surface area contributed by atoms with Gasteiger partial charge in [0.15, 0.2) is 0 Å². The summed E-state index contributed by atoms with van der Waals surface area (Å²) in [7, 11) is 0. The van der Waals surface area contributed by atoms with Crippen LogP contribution in [0.2, 0.25) is 5.02 Å². The molecule has 1 fully saturated rings. The van der Waals surface area contributed by atoms with Crippen molar-refractivity contribution in [2.75, 3.05) is 19.6 Å². The Morgan fingerprint density at radius 3 is 3.00 bits per heavy atom. The SMILES string of the molecule is Clc1ccccc1O[C@H]1CCN(CCn2ccnc2)C1. The van der Waals surface area contributed by atoms with E-state index in [1.165, 1.54) is 0 Å².